The lowest BCUT2D eigenvalue weighted by Crippen LogP contribution is -2.26. The third-order valence-corrected chi connectivity index (χ3v) is 7.43. The van der Waals surface area contributed by atoms with Gasteiger partial charge in [-0.15, -0.1) is 0 Å². The Kier molecular flexibility index (Phi) is 7.00. The number of hydrogen-bond acceptors (Lipinski definition) is 6. The van der Waals surface area contributed by atoms with Crippen LogP contribution in [-0.4, -0.2) is 29.1 Å². The summed E-state index contributed by atoms with van der Waals surface area (Å²) in [6.45, 7) is 1.99. The Morgan fingerprint density at radius 3 is 2.44 bits per heavy atom. The van der Waals surface area contributed by atoms with Crippen LogP contribution in [0.2, 0.25) is 5.02 Å². The molecule has 2 aliphatic rings. The molecule has 0 spiro atoms. The van der Waals surface area contributed by atoms with Gasteiger partial charge in [0.25, 0.3) is 0 Å². The van der Waals surface area contributed by atoms with E-state index in [0.717, 1.165) is 46.7 Å². The number of anilines is 2. The molecule has 7 heteroatoms. The number of para-hydroxylation sites is 1. The number of halogens is 1. The summed E-state index contributed by atoms with van der Waals surface area (Å²) in [5.74, 6) is 3.13. The van der Waals surface area contributed by atoms with E-state index >= 15 is 0 Å². The van der Waals surface area contributed by atoms with Gasteiger partial charge in [-0.25, -0.2) is 4.98 Å². The summed E-state index contributed by atoms with van der Waals surface area (Å²) in [7, 11) is 0. The van der Waals surface area contributed by atoms with Crippen molar-refractivity contribution in [1.29, 1.82) is 0 Å². The van der Waals surface area contributed by atoms with Gasteiger partial charge >= 0.3 is 0 Å². The van der Waals surface area contributed by atoms with Crippen LogP contribution >= 0.6 is 23.5 Å². The molecule has 2 aliphatic carbocycles. The molecule has 5 rings (SSSR count). The van der Waals surface area contributed by atoms with Crippen molar-refractivity contribution < 1.29 is 0 Å². The molecule has 168 valence electrons. The number of nitrogens with one attached hydrogen (secondary N) is 3. The smallest absolute Gasteiger partial charge is 0.225 e. The second-order valence-corrected chi connectivity index (χ2v) is 10.4. The van der Waals surface area contributed by atoms with Gasteiger partial charge in [-0.05, 0) is 92.6 Å². The van der Waals surface area contributed by atoms with E-state index in [1.54, 1.807) is 11.9 Å². The van der Waals surface area contributed by atoms with E-state index in [1.807, 2.05) is 24.3 Å². The van der Waals surface area contributed by atoms with Gasteiger partial charge in [0.2, 0.25) is 5.95 Å². The molecule has 2 saturated carbocycles. The Balaban J connectivity index is 1.09. The van der Waals surface area contributed by atoms with E-state index < -0.39 is 0 Å². The highest BCUT2D eigenvalue weighted by atomic mass is 35.5. The first kappa shape index (κ1) is 21.8. The van der Waals surface area contributed by atoms with Crippen LogP contribution < -0.4 is 15.4 Å². The molecule has 1 heterocycles. The fourth-order valence-corrected chi connectivity index (χ4v) is 5.41. The van der Waals surface area contributed by atoms with Crippen molar-refractivity contribution in [3.8, 4) is 0 Å². The number of nitrogens with zero attached hydrogens (tertiary/aromatic N) is 2. The number of hydrogen-bond donors (Lipinski definition) is 3. The van der Waals surface area contributed by atoms with Crippen molar-refractivity contribution in [3.63, 3.8) is 0 Å². The van der Waals surface area contributed by atoms with Gasteiger partial charge < -0.3 is 10.6 Å². The average molecular weight is 468 g/mol. The Labute approximate surface area is 199 Å². The number of aromatic nitrogens is 2. The van der Waals surface area contributed by atoms with E-state index in [1.165, 1.54) is 43.4 Å². The van der Waals surface area contributed by atoms with Crippen LogP contribution in [0.4, 0.5) is 11.8 Å². The normalized spacial score (nSPS) is 20.9. The van der Waals surface area contributed by atoms with Crippen molar-refractivity contribution in [3.05, 3.63) is 53.6 Å². The molecular formula is C25H30ClN5S. The Hall–Kier alpha value is -2.02. The number of rotatable bonds is 9. The third-order valence-electron chi connectivity index (χ3n) is 6.39. The van der Waals surface area contributed by atoms with E-state index in [9.17, 15) is 0 Å². The van der Waals surface area contributed by atoms with E-state index in [4.69, 9.17) is 21.6 Å². The topological polar surface area (TPSA) is 61.9 Å². The summed E-state index contributed by atoms with van der Waals surface area (Å²) in [4.78, 5) is 10.7. The molecule has 2 aromatic carbocycles. The fraction of sp³-hybridized carbons (Fsp3) is 0.440. The van der Waals surface area contributed by atoms with Gasteiger partial charge in [0.05, 0.1) is 5.52 Å². The van der Waals surface area contributed by atoms with E-state index in [2.05, 4.69) is 39.6 Å². The monoisotopic (exact) mass is 467 g/mol. The van der Waals surface area contributed by atoms with Gasteiger partial charge in [-0.1, -0.05) is 29.8 Å². The summed E-state index contributed by atoms with van der Waals surface area (Å²) in [6.07, 6.45) is 7.50. The summed E-state index contributed by atoms with van der Waals surface area (Å²) >= 11 is 7.74. The van der Waals surface area contributed by atoms with Crippen molar-refractivity contribution in [2.45, 2.75) is 49.5 Å². The minimum absolute atomic E-state index is 0.571. The van der Waals surface area contributed by atoms with Crippen molar-refractivity contribution >= 4 is 46.2 Å². The van der Waals surface area contributed by atoms with Crippen molar-refractivity contribution in [2.75, 3.05) is 23.7 Å². The predicted molar refractivity (Wildman–Crippen MR) is 135 cm³/mol. The lowest BCUT2D eigenvalue weighted by Gasteiger charge is -2.28. The molecule has 0 atom stereocenters. The predicted octanol–water partition coefficient (Wildman–Crippen LogP) is 6.37. The lowest BCUT2D eigenvalue weighted by atomic mass is 9.82. The molecule has 32 heavy (non-hydrogen) atoms. The Morgan fingerprint density at radius 2 is 1.66 bits per heavy atom. The average Bonchev–Trinajstić information content (AvgIpc) is 3.63. The zero-order chi connectivity index (χ0) is 21.8. The summed E-state index contributed by atoms with van der Waals surface area (Å²) in [6, 6.07) is 16.8. The second-order valence-electron chi connectivity index (χ2n) is 9.01. The summed E-state index contributed by atoms with van der Waals surface area (Å²) < 4.78 is 3.53. The van der Waals surface area contributed by atoms with Crippen LogP contribution in [0.5, 0.6) is 0 Å². The second kappa shape index (κ2) is 10.3. The maximum absolute atomic E-state index is 6.07. The first-order chi connectivity index (χ1) is 15.7. The maximum atomic E-state index is 6.07. The fourth-order valence-electron chi connectivity index (χ4n) is 4.34. The molecule has 2 fully saturated rings. The van der Waals surface area contributed by atoms with Crippen LogP contribution in [0, 0.1) is 11.8 Å². The van der Waals surface area contributed by atoms with Gasteiger partial charge in [0.1, 0.15) is 5.82 Å². The molecule has 0 amide bonds. The minimum atomic E-state index is 0.571. The third kappa shape index (κ3) is 5.85. The zero-order valence-corrected chi connectivity index (χ0v) is 19.8. The molecule has 3 aromatic rings. The molecule has 0 unspecified atom stereocenters. The summed E-state index contributed by atoms with van der Waals surface area (Å²) in [5.41, 5.74) is 1.00. The van der Waals surface area contributed by atoms with E-state index in [-0.39, 0.29) is 0 Å². The van der Waals surface area contributed by atoms with Crippen molar-refractivity contribution in [2.24, 2.45) is 11.8 Å². The highest BCUT2D eigenvalue weighted by Crippen LogP contribution is 2.31. The van der Waals surface area contributed by atoms with Gasteiger partial charge in [0, 0.05) is 34.4 Å². The molecule has 1 aromatic heterocycles. The maximum Gasteiger partial charge on any atom is 0.225 e. The SMILES string of the molecule is Clc1cccc(SNCC2CCC(CNc3nc(NC4CC4)c4ccccc4n3)CC2)c1. The Morgan fingerprint density at radius 1 is 0.875 bits per heavy atom. The molecular weight excluding hydrogens is 438 g/mol. The highest BCUT2D eigenvalue weighted by molar-refractivity contribution is 7.97. The molecule has 5 nitrogen and oxygen atoms in total. The van der Waals surface area contributed by atoms with Crippen LogP contribution in [-0.2, 0) is 0 Å². The van der Waals surface area contributed by atoms with Crippen LogP contribution in [0.1, 0.15) is 38.5 Å². The molecule has 0 saturated heterocycles. The minimum Gasteiger partial charge on any atom is -0.367 e. The van der Waals surface area contributed by atoms with Crippen LogP contribution in [0.15, 0.2) is 53.4 Å². The molecule has 3 N–H and O–H groups in total. The lowest BCUT2D eigenvalue weighted by molar-refractivity contribution is 0.285. The Bertz CT molecular complexity index is 1050. The van der Waals surface area contributed by atoms with Crippen LogP contribution in [0.3, 0.4) is 0 Å². The zero-order valence-electron chi connectivity index (χ0n) is 18.2. The van der Waals surface area contributed by atoms with Gasteiger partial charge in [0.15, 0.2) is 0 Å². The van der Waals surface area contributed by atoms with Crippen molar-refractivity contribution in [1.82, 2.24) is 14.7 Å². The first-order valence-electron chi connectivity index (χ1n) is 11.7. The molecule has 0 radical (unpaired) electrons. The number of benzene rings is 2. The molecule has 0 aliphatic heterocycles. The first-order valence-corrected chi connectivity index (χ1v) is 12.8. The molecule has 0 bridgehead atoms. The van der Waals surface area contributed by atoms with Crippen LogP contribution in [0.25, 0.3) is 10.9 Å². The summed E-state index contributed by atoms with van der Waals surface area (Å²) in [5, 5.41) is 8.99. The van der Waals surface area contributed by atoms with Gasteiger partial charge in [-0.2, -0.15) is 4.98 Å². The quantitative estimate of drug-likeness (QED) is 0.318. The van der Waals surface area contributed by atoms with E-state index in [0.29, 0.717) is 12.0 Å². The number of fused-ring (bicyclic) bond motifs is 1. The highest BCUT2D eigenvalue weighted by Gasteiger charge is 2.24. The standard InChI is InChI=1S/C25H30ClN5S/c26-19-4-3-5-21(14-19)32-28-16-18-10-8-17(9-11-18)15-27-25-30-23-7-2-1-6-22(23)24(31-25)29-20-12-13-20/h1-7,14,17-18,20,28H,8-13,15-16H2,(H2,27,29,30,31). The largest absolute Gasteiger partial charge is 0.367 e. The van der Waals surface area contributed by atoms with Gasteiger partial charge in [-0.3, -0.25) is 4.72 Å².